The molecule has 0 aliphatic carbocycles. The van der Waals surface area contributed by atoms with Crippen molar-refractivity contribution in [2.75, 3.05) is 0 Å². The van der Waals surface area contributed by atoms with Crippen molar-refractivity contribution >= 4 is 32.9 Å². The molecular formula is C9H5BrN2O3. The van der Waals surface area contributed by atoms with Crippen LogP contribution in [0.3, 0.4) is 0 Å². The summed E-state index contributed by atoms with van der Waals surface area (Å²) in [5.41, 5.74) is 0.261. The minimum atomic E-state index is -1.11. The second-order valence-electron chi connectivity index (χ2n) is 2.90. The summed E-state index contributed by atoms with van der Waals surface area (Å²) in [5, 5.41) is 8.93. The summed E-state index contributed by atoms with van der Waals surface area (Å²) in [7, 11) is 0. The molecule has 1 aromatic carbocycles. The Bertz CT molecular complexity index is 606. The molecule has 0 bridgehead atoms. The number of hydrogen-bond donors (Lipinski definition) is 2. The Labute approximate surface area is 91.9 Å². The van der Waals surface area contributed by atoms with Crippen molar-refractivity contribution < 1.29 is 9.90 Å². The number of aromatic amines is 1. The number of fused-ring (bicyclic) bond motifs is 1. The number of carboxylic acid groups (broad SMARTS) is 1. The van der Waals surface area contributed by atoms with Gasteiger partial charge < -0.3 is 10.1 Å². The first-order valence-electron chi connectivity index (χ1n) is 4.00. The molecule has 0 amide bonds. The second kappa shape index (κ2) is 3.47. The summed E-state index contributed by atoms with van der Waals surface area (Å²) in [6, 6.07) is 3.06. The maximum Gasteiger partial charge on any atom is 0.337 e. The Morgan fingerprint density at radius 1 is 1.47 bits per heavy atom. The average Bonchev–Trinajstić information content (AvgIpc) is 2.17. The van der Waals surface area contributed by atoms with Gasteiger partial charge in [-0.15, -0.1) is 0 Å². The molecule has 1 heterocycles. The van der Waals surface area contributed by atoms with Gasteiger partial charge in [-0.25, -0.2) is 9.78 Å². The number of carboxylic acids is 1. The van der Waals surface area contributed by atoms with E-state index in [0.717, 1.165) is 6.20 Å². The number of aromatic carboxylic acids is 1. The summed E-state index contributed by atoms with van der Waals surface area (Å²) in [6.07, 6.45) is 1.11. The standard InChI is InChI=1S/C9H5BrN2O3/c10-4-1-5(9(14)15)8-6(2-4)11-3-7(13)12-8/h1-3H,(H,12,13)(H,14,15). The van der Waals surface area contributed by atoms with Crippen LogP contribution in [0, 0.1) is 0 Å². The van der Waals surface area contributed by atoms with Gasteiger partial charge in [0.25, 0.3) is 5.56 Å². The molecule has 2 rings (SSSR count). The van der Waals surface area contributed by atoms with Crippen molar-refractivity contribution in [3.05, 3.63) is 38.7 Å². The molecule has 2 N–H and O–H groups in total. The Hall–Kier alpha value is -1.69. The highest BCUT2D eigenvalue weighted by Gasteiger charge is 2.11. The molecule has 1 aromatic heterocycles. The number of halogens is 1. The second-order valence-corrected chi connectivity index (χ2v) is 3.82. The topological polar surface area (TPSA) is 83.0 Å². The highest BCUT2D eigenvalue weighted by Crippen LogP contribution is 2.20. The number of benzene rings is 1. The van der Waals surface area contributed by atoms with Gasteiger partial charge in [-0.2, -0.15) is 0 Å². The van der Waals surface area contributed by atoms with Crippen LogP contribution in [0.2, 0.25) is 0 Å². The molecule has 76 valence electrons. The van der Waals surface area contributed by atoms with Gasteiger partial charge in [0.05, 0.1) is 22.8 Å². The monoisotopic (exact) mass is 268 g/mol. The Balaban J connectivity index is 2.94. The zero-order valence-electron chi connectivity index (χ0n) is 7.32. The van der Waals surface area contributed by atoms with Crippen molar-refractivity contribution in [1.82, 2.24) is 9.97 Å². The number of H-pyrrole nitrogens is 1. The third-order valence-corrected chi connectivity index (χ3v) is 2.34. The summed E-state index contributed by atoms with van der Waals surface area (Å²) in [4.78, 5) is 28.2. The van der Waals surface area contributed by atoms with Crippen LogP contribution in [0.1, 0.15) is 10.4 Å². The van der Waals surface area contributed by atoms with Crippen molar-refractivity contribution in [3.8, 4) is 0 Å². The van der Waals surface area contributed by atoms with Crippen molar-refractivity contribution in [2.45, 2.75) is 0 Å². The molecule has 0 aliphatic heterocycles. The minimum absolute atomic E-state index is 0.0181. The van der Waals surface area contributed by atoms with Crippen LogP contribution in [-0.2, 0) is 0 Å². The third-order valence-electron chi connectivity index (χ3n) is 1.88. The van der Waals surface area contributed by atoms with Crippen LogP contribution in [0.15, 0.2) is 27.6 Å². The summed E-state index contributed by atoms with van der Waals surface area (Å²) < 4.78 is 0.604. The third kappa shape index (κ3) is 1.75. The Morgan fingerprint density at radius 2 is 2.20 bits per heavy atom. The molecule has 15 heavy (non-hydrogen) atoms. The molecule has 0 fully saturated rings. The molecule has 0 saturated heterocycles. The van der Waals surface area contributed by atoms with E-state index < -0.39 is 11.5 Å². The molecule has 0 atom stereocenters. The van der Waals surface area contributed by atoms with Crippen LogP contribution in [-0.4, -0.2) is 21.0 Å². The number of aromatic nitrogens is 2. The maximum atomic E-state index is 11.0. The van der Waals surface area contributed by atoms with Crippen LogP contribution < -0.4 is 5.56 Å². The normalized spacial score (nSPS) is 10.5. The lowest BCUT2D eigenvalue weighted by Gasteiger charge is -2.01. The first-order chi connectivity index (χ1) is 7.08. The lowest BCUT2D eigenvalue weighted by Crippen LogP contribution is -2.09. The van der Waals surface area contributed by atoms with Crippen molar-refractivity contribution in [2.24, 2.45) is 0 Å². The van der Waals surface area contributed by atoms with Gasteiger partial charge in [0, 0.05) is 4.47 Å². The maximum absolute atomic E-state index is 11.0. The summed E-state index contributed by atoms with van der Waals surface area (Å²) in [6.45, 7) is 0. The van der Waals surface area contributed by atoms with E-state index >= 15 is 0 Å². The lowest BCUT2D eigenvalue weighted by molar-refractivity contribution is 0.0698. The zero-order valence-corrected chi connectivity index (χ0v) is 8.91. The van der Waals surface area contributed by atoms with E-state index in [1.165, 1.54) is 6.07 Å². The van der Waals surface area contributed by atoms with E-state index in [9.17, 15) is 9.59 Å². The van der Waals surface area contributed by atoms with E-state index in [4.69, 9.17) is 5.11 Å². The minimum Gasteiger partial charge on any atom is -0.478 e. The quantitative estimate of drug-likeness (QED) is 0.819. The van der Waals surface area contributed by atoms with Gasteiger partial charge in [0.1, 0.15) is 0 Å². The number of hydrogen-bond acceptors (Lipinski definition) is 3. The molecule has 6 heteroatoms. The van der Waals surface area contributed by atoms with Gasteiger partial charge in [0.2, 0.25) is 0 Å². The van der Waals surface area contributed by atoms with E-state index in [1.54, 1.807) is 6.07 Å². The number of carbonyl (C=O) groups is 1. The van der Waals surface area contributed by atoms with E-state index in [1.807, 2.05) is 0 Å². The molecule has 0 aliphatic rings. The summed E-state index contributed by atoms with van der Waals surface area (Å²) >= 11 is 3.17. The van der Waals surface area contributed by atoms with Gasteiger partial charge in [-0.05, 0) is 12.1 Å². The smallest absolute Gasteiger partial charge is 0.337 e. The van der Waals surface area contributed by atoms with Crippen LogP contribution in [0.5, 0.6) is 0 Å². The highest BCUT2D eigenvalue weighted by atomic mass is 79.9. The number of nitrogens with zero attached hydrogens (tertiary/aromatic N) is 1. The van der Waals surface area contributed by atoms with Crippen molar-refractivity contribution in [3.63, 3.8) is 0 Å². The average molecular weight is 269 g/mol. The van der Waals surface area contributed by atoms with Crippen LogP contribution >= 0.6 is 15.9 Å². The fraction of sp³-hybridized carbons (Fsp3) is 0. The SMILES string of the molecule is O=C(O)c1cc(Br)cc2ncc(=O)[nH]c12. The molecule has 0 saturated carbocycles. The van der Waals surface area contributed by atoms with E-state index in [-0.39, 0.29) is 11.1 Å². The number of rotatable bonds is 1. The van der Waals surface area contributed by atoms with Gasteiger partial charge in [0.15, 0.2) is 0 Å². The zero-order chi connectivity index (χ0) is 11.0. The van der Waals surface area contributed by atoms with Gasteiger partial charge in [-0.3, -0.25) is 4.79 Å². The summed E-state index contributed by atoms with van der Waals surface area (Å²) in [5.74, 6) is -1.11. The first kappa shape index (κ1) is 9.85. The van der Waals surface area contributed by atoms with E-state index in [2.05, 4.69) is 25.9 Å². The van der Waals surface area contributed by atoms with Gasteiger partial charge in [-0.1, -0.05) is 15.9 Å². The lowest BCUT2D eigenvalue weighted by atomic mass is 10.2. The van der Waals surface area contributed by atoms with E-state index in [0.29, 0.717) is 9.99 Å². The van der Waals surface area contributed by atoms with Crippen molar-refractivity contribution in [1.29, 1.82) is 0 Å². The fourth-order valence-electron chi connectivity index (χ4n) is 1.28. The fourth-order valence-corrected chi connectivity index (χ4v) is 1.72. The van der Waals surface area contributed by atoms with Gasteiger partial charge >= 0.3 is 5.97 Å². The Morgan fingerprint density at radius 3 is 2.87 bits per heavy atom. The molecular weight excluding hydrogens is 264 g/mol. The Kier molecular flexibility index (Phi) is 2.28. The predicted octanol–water partition coefficient (Wildman–Crippen LogP) is 1.38. The van der Waals surface area contributed by atoms with Crippen LogP contribution in [0.25, 0.3) is 11.0 Å². The molecule has 0 spiro atoms. The largest absolute Gasteiger partial charge is 0.478 e. The molecule has 0 radical (unpaired) electrons. The molecule has 0 unspecified atom stereocenters. The highest BCUT2D eigenvalue weighted by molar-refractivity contribution is 9.10. The van der Waals surface area contributed by atoms with Crippen LogP contribution in [0.4, 0.5) is 0 Å². The predicted molar refractivity (Wildman–Crippen MR) is 57.0 cm³/mol. The molecule has 2 aromatic rings. The first-order valence-corrected chi connectivity index (χ1v) is 4.79. The number of nitrogens with one attached hydrogen (secondary N) is 1. The molecule has 5 nitrogen and oxygen atoms in total.